The molecule has 6 nitrogen and oxygen atoms in total. The summed E-state index contributed by atoms with van der Waals surface area (Å²) in [5.74, 6) is -0.236. The molecular weight excluding hydrogens is 277 g/mol. The molecule has 2 heterocycles. The number of nitrogens with zero attached hydrogens (tertiary/aromatic N) is 2. The maximum absolute atomic E-state index is 13.6. The lowest BCUT2D eigenvalue weighted by atomic mass is 10.2. The Kier molecular flexibility index (Phi) is 3.92. The van der Waals surface area contributed by atoms with Crippen LogP contribution in [0.1, 0.15) is 18.7 Å². The van der Waals surface area contributed by atoms with E-state index in [-0.39, 0.29) is 29.7 Å². The molecule has 3 rings (SSSR count). The van der Waals surface area contributed by atoms with Gasteiger partial charge in [0, 0.05) is 6.61 Å². The highest BCUT2D eigenvalue weighted by Crippen LogP contribution is 2.19. The Morgan fingerprint density at radius 1 is 1.43 bits per heavy atom. The van der Waals surface area contributed by atoms with E-state index in [1.165, 1.54) is 6.07 Å². The average Bonchev–Trinajstić information content (AvgIpc) is 3.17. The van der Waals surface area contributed by atoms with Gasteiger partial charge in [0.1, 0.15) is 11.9 Å². The summed E-state index contributed by atoms with van der Waals surface area (Å²) in [5, 5.41) is 6.38. The van der Waals surface area contributed by atoms with Gasteiger partial charge in [0.05, 0.1) is 12.1 Å². The number of carbonyl (C=O) groups excluding carboxylic acids is 1. The zero-order valence-electron chi connectivity index (χ0n) is 11.2. The standard InChI is InChI=1S/C14H14FN3O3/c15-10-5-2-1-4-9(10)13-17-12(21-18-13)8-16-14(19)11-6-3-7-20-11/h1-2,4-5,11H,3,6-8H2,(H,16,19). The second-order valence-corrected chi connectivity index (χ2v) is 4.71. The minimum Gasteiger partial charge on any atom is -0.368 e. The number of rotatable bonds is 4. The summed E-state index contributed by atoms with van der Waals surface area (Å²) in [7, 11) is 0. The second-order valence-electron chi connectivity index (χ2n) is 4.71. The van der Waals surface area contributed by atoms with Crippen LogP contribution in [0.3, 0.4) is 0 Å². The minimum atomic E-state index is -0.423. The Balaban J connectivity index is 1.63. The molecule has 7 heteroatoms. The van der Waals surface area contributed by atoms with Gasteiger partial charge in [-0.05, 0) is 25.0 Å². The lowest BCUT2D eigenvalue weighted by Gasteiger charge is -2.08. The van der Waals surface area contributed by atoms with Crippen LogP contribution in [0.2, 0.25) is 0 Å². The quantitative estimate of drug-likeness (QED) is 0.927. The van der Waals surface area contributed by atoms with Crippen molar-refractivity contribution in [2.45, 2.75) is 25.5 Å². The highest BCUT2D eigenvalue weighted by Gasteiger charge is 2.23. The number of benzene rings is 1. The van der Waals surface area contributed by atoms with E-state index in [1.54, 1.807) is 18.2 Å². The van der Waals surface area contributed by atoms with Crippen LogP contribution in [0.5, 0.6) is 0 Å². The molecule has 0 spiro atoms. The minimum absolute atomic E-state index is 0.0974. The van der Waals surface area contributed by atoms with E-state index in [1.807, 2.05) is 0 Å². The molecule has 1 atom stereocenters. The van der Waals surface area contributed by atoms with E-state index in [4.69, 9.17) is 9.26 Å². The molecule has 2 aromatic rings. The van der Waals surface area contributed by atoms with Crippen LogP contribution in [-0.2, 0) is 16.1 Å². The predicted molar refractivity (Wildman–Crippen MR) is 70.5 cm³/mol. The van der Waals surface area contributed by atoms with E-state index < -0.39 is 11.9 Å². The van der Waals surface area contributed by atoms with Gasteiger partial charge in [-0.15, -0.1) is 0 Å². The lowest BCUT2D eigenvalue weighted by Crippen LogP contribution is -2.33. The maximum Gasteiger partial charge on any atom is 0.249 e. The summed E-state index contributed by atoms with van der Waals surface area (Å²) in [6.07, 6.45) is 1.20. The van der Waals surface area contributed by atoms with Crippen molar-refractivity contribution in [3.05, 3.63) is 36.0 Å². The fourth-order valence-electron chi connectivity index (χ4n) is 2.14. The zero-order valence-corrected chi connectivity index (χ0v) is 11.2. The molecule has 110 valence electrons. The number of aromatic nitrogens is 2. The zero-order chi connectivity index (χ0) is 14.7. The Bertz CT molecular complexity index is 638. The van der Waals surface area contributed by atoms with E-state index in [0.29, 0.717) is 6.61 Å². The first kappa shape index (κ1) is 13.7. The van der Waals surface area contributed by atoms with Gasteiger partial charge in [-0.2, -0.15) is 4.98 Å². The molecule has 0 bridgehead atoms. The van der Waals surface area contributed by atoms with E-state index in [2.05, 4.69) is 15.5 Å². The molecular formula is C14H14FN3O3. The summed E-state index contributed by atoms with van der Waals surface area (Å²) in [6.45, 7) is 0.705. The van der Waals surface area contributed by atoms with E-state index >= 15 is 0 Å². The number of hydrogen-bond donors (Lipinski definition) is 1. The van der Waals surface area contributed by atoms with Crippen molar-refractivity contribution in [3.63, 3.8) is 0 Å². The normalized spacial score (nSPS) is 17.9. The maximum atomic E-state index is 13.6. The number of nitrogens with one attached hydrogen (secondary N) is 1. The number of halogens is 1. The van der Waals surface area contributed by atoms with E-state index in [9.17, 15) is 9.18 Å². The smallest absolute Gasteiger partial charge is 0.249 e. The lowest BCUT2D eigenvalue weighted by molar-refractivity contribution is -0.130. The second kappa shape index (κ2) is 6.01. The van der Waals surface area contributed by atoms with Crippen molar-refractivity contribution in [2.75, 3.05) is 6.61 Å². The Morgan fingerprint density at radius 3 is 3.05 bits per heavy atom. The van der Waals surface area contributed by atoms with Crippen molar-refractivity contribution < 1.29 is 18.4 Å². The van der Waals surface area contributed by atoms with Crippen molar-refractivity contribution in [2.24, 2.45) is 0 Å². The number of ether oxygens (including phenoxy) is 1. The summed E-state index contributed by atoms with van der Waals surface area (Å²) in [5.41, 5.74) is 0.262. The third-order valence-electron chi connectivity index (χ3n) is 3.22. The summed E-state index contributed by atoms with van der Waals surface area (Å²) in [4.78, 5) is 15.8. The summed E-state index contributed by atoms with van der Waals surface area (Å²) >= 11 is 0. The Hall–Kier alpha value is -2.28. The van der Waals surface area contributed by atoms with Gasteiger partial charge >= 0.3 is 0 Å². The first-order valence-electron chi connectivity index (χ1n) is 6.71. The molecule has 21 heavy (non-hydrogen) atoms. The van der Waals surface area contributed by atoms with Crippen LogP contribution in [0, 0.1) is 5.82 Å². The van der Waals surface area contributed by atoms with Gasteiger partial charge in [0.2, 0.25) is 17.6 Å². The summed E-state index contributed by atoms with van der Waals surface area (Å²) in [6, 6.07) is 6.16. The first-order valence-corrected chi connectivity index (χ1v) is 6.71. The molecule has 1 unspecified atom stereocenters. The van der Waals surface area contributed by atoms with Crippen molar-refractivity contribution in [1.82, 2.24) is 15.5 Å². The largest absolute Gasteiger partial charge is 0.368 e. The highest BCUT2D eigenvalue weighted by molar-refractivity contribution is 5.80. The third-order valence-corrected chi connectivity index (χ3v) is 3.22. The number of hydrogen-bond acceptors (Lipinski definition) is 5. The van der Waals surface area contributed by atoms with Gasteiger partial charge in [-0.25, -0.2) is 4.39 Å². The average molecular weight is 291 g/mol. The molecule has 1 aliphatic heterocycles. The van der Waals surface area contributed by atoms with Gasteiger partial charge in [0.25, 0.3) is 0 Å². The molecule has 0 aliphatic carbocycles. The fourth-order valence-corrected chi connectivity index (χ4v) is 2.14. The van der Waals surface area contributed by atoms with Gasteiger partial charge in [0.15, 0.2) is 0 Å². The van der Waals surface area contributed by atoms with Crippen molar-refractivity contribution in [1.29, 1.82) is 0 Å². The van der Waals surface area contributed by atoms with Crippen LogP contribution in [0.15, 0.2) is 28.8 Å². The van der Waals surface area contributed by atoms with Crippen LogP contribution in [-0.4, -0.2) is 28.8 Å². The molecule has 1 fully saturated rings. The van der Waals surface area contributed by atoms with Gasteiger partial charge in [-0.1, -0.05) is 17.3 Å². The molecule has 1 saturated heterocycles. The molecule has 0 saturated carbocycles. The Morgan fingerprint density at radius 2 is 2.29 bits per heavy atom. The highest BCUT2D eigenvalue weighted by atomic mass is 19.1. The molecule has 1 aliphatic rings. The SMILES string of the molecule is O=C(NCc1nc(-c2ccccc2F)no1)C1CCCO1. The van der Waals surface area contributed by atoms with E-state index in [0.717, 1.165) is 12.8 Å². The molecule has 0 radical (unpaired) electrons. The monoisotopic (exact) mass is 291 g/mol. The van der Waals surface area contributed by atoms with Crippen LogP contribution < -0.4 is 5.32 Å². The van der Waals surface area contributed by atoms with Crippen LogP contribution in [0.4, 0.5) is 4.39 Å². The van der Waals surface area contributed by atoms with Gasteiger partial charge < -0.3 is 14.6 Å². The van der Waals surface area contributed by atoms with Crippen LogP contribution >= 0.6 is 0 Å². The van der Waals surface area contributed by atoms with Gasteiger partial charge in [-0.3, -0.25) is 4.79 Å². The topological polar surface area (TPSA) is 77.3 Å². The molecule has 1 N–H and O–H groups in total. The molecule has 1 aromatic heterocycles. The molecule has 1 amide bonds. The van der Waals surface area contributed by atoms with Crippen LogP contribution in [0.25, 0.3) is 11.4 Å². The number of carbonyl (C=O) groups is 1. The first-order chi connectivity index (χ1) is 10.2. The predicted octanol–water partition coefficient (Wildman–Crippen LogP) is 1.67. The number of amides is 1. The fraction of sp³-hybridized carbons (Fsp3) is 0.357. The third kappa shape index (κ3) is 3.08. The van der Waals surface area contributed by atoms with Crippen molar-refractivity contribution >= 4 is 5.91 Å². The summed E-state index contributed by atoms with van der Waals surface area (Å²) < 4.78 is 23.9. The molecule has 1 aromatic carbocycles. The van der Waals surface area contributed by atoms with Crippen molar-refractivity contribution in [3.8, 4) is 11.4 Å². The Labute approximate surface area is 120 Å².